The summed E-state index contributed by atoms with van der Waals surface area (Å²) >= 11 is 0. The van der Waals surface area contributed by atoms with Crippen molar-refractivity contribution in [3.05, 3.63) is 29.3 Å². The monoisotopic (exact) mass is 168 g/mol. The number of aryl methyl sites for hydroxylation is 1. The van der Waals surface area contributed by atoms with Crippen molar-refractivity contribution in [2.75, 3.05) is 6.54 Å². The second kappa shape index (κ2) is 4.16. The summed E-state index contributed by atoms with van der Waals surface area (Å²) in [6.45, 7) is 2.48. The molecule has 0 spiro atoms. The molecule has 0 aromatic carbocycles. The molecule has 1 heterocycles. The normalized spacial score (nSPS) is 10.2. The summed E-state index contributed by atoms with van der Waals surface area (Å²) in [4.78, 5) is 3.59. The maximum absolute atomic E-state index is 13.0. The fourth-order valence-corrected chi connectivity index (χ4v) is 1.13. The van der Waals surface area contributed by atoms with Crippen LogP contribution in [-0.2, 0) is 6.42 Å². The van der Waals surface area contributed by atoms with Gasteiger partial charge in [-0.3, -0.25) is 0 Å². The molecule has 1 aromatic rings. The molecule has 0 radical (unpaired) electrons. The summed E-state index contributed by atoms with van der Waals surface area (Å²) < 4.78 is 13.0. The van der Waals surface area contributed by atoms with E-state index in [1.807, 2.05) is 13.0 Å². The zero-order valence-corrected chi connectivity index (χ0v) is 7.18. The van der Waals surface area contributed by atoms with E-state index in [1.54, 1.807) is 0 Å². The standard InChI is InChI=1S/C9H13FN2/c1-7-4-6-12-9(10)8(7)3-2-5-11/h4,6H,2-3,5,11H2,1H3. The van der Waals surface area contributed by atoms with E-state index in [-0.39, 0.29) is 5.95 Å². The maximum atomic E-state index is 13.0. The Morgan fingerprint density at radius 3 is 2.92 bits per heavy atom. The fourth-order valence-electron chi connectivity index (χ4n) is 1.13. The number of rotatable bonds is 3. The van der Waals surface area contributed by atoms with Gasteiger partial charge in [0.05, 0.1) is 0 Å². The minimum absolute atomic E-state index is 0.358. The summed E-state index contributed by atoms with van der Waals surface area (Å²) in [7, 11) is 0. The van der Waals surface area contributed by atoms with E-state index in [0.717, 1.165) is 12.0 Å². The quantitative estimate of drug-likeness (QED) is 0.693. The maximum Gasteiger partial charge on any atom is 0.216 e. The molecular formula is C9H13FN2. The summed E-state index contributed by atoms with van der Waals surface area (Å²) in [5, 5.41) is 0. The number of hydrogen-bond acceptors (Lipinski definition) is 2. The molecule has 0 saturated carbocycles. The Bertz CT molecular complexity index is 240. The summed E-state index contributed by atoms with van der Waals surface area (Å²) in [6, 6.07) is 1.81. The molecule has 0 aliphatic rings. The van der Waals surface area contributed by atoms with E-state index in [4.69, 9.17) is 5.73 Å². The largest absolute Gasteiger partial charge is 0.330 e. The van der Waals surface area contributed by atoms with E-state index in [1.165, 1.54) is 6.20 Å². The third-order valence-electron chi connectivity index (χ3n) is 1.87. The molecule has 1 aromatic heterocycles. The lowest BCUT2D eigenvalue weighted by atomic mass is 10.1. The van der Waals surface area contributed by atoms with E-state index in [0.29, 0.717) is 18.5 Å². The molecule has 1 rings (SSSR count). The fraction of sp³-hybridized carbons (Fsp3) is 0.444. The highest BCUT2D eigenvalue weighted by Crippen LogP contribution is 2.11. The summed E-state index contributed by atoms with van der Waals surface area (Å²) in [6.07, 6.45) is 2.97. The average Bonchev–Trinajstić information content (AvgIpc) is 2.04. The smallest absolute Gasteiger partial charge is 0.216 e. The number of hydrogen-bond donors (Lipinski definition) is 1. The molecule has 0 atom stereocenters. The van der Waals surface area contributed by atoms with Gasteiger partial charge in [-0.15, -0.1) is 0 Å². The van der Waals surface area contributed by atoms with Gasteiger partial charge >= 0.3 is 0 Å². The molecule has 0 aliphatic heterocycles. The molecule has 66 valence electrons. The topological polar surface area (TPSA) is 38.9 Å². The Kier molecular flexibility index (Phi) is 3.17. The van der Waals surface area contributed by atoms with Gasteiger partial charge in [-0.1, -0.05) is 0 Å². The van der Waals surface area contributed by atoms with Crippen LogP contribution in [0.25, 0.3) is 0 Å². The second-order valence-corrected chi connectivity index (χ2v) is 2.79. The average molecular weight is 168 g/mol. The minimum atomic E-state index is -0.358. The Morgan fingerprint density at radius 2 is 2.33 bits per heavy atom. The van der Waals surface area contributed by atoms with Crippen LogP contribution in [0.4, 0.5) is 4.39 Å². The van der Waals surface area contributed by atoms with E-state index in [9.17, 15) is 4.39 Å². The van der Waals surface area contributed by atoms with Crippen molar-refractivity contribution in [1.82, 2.24) is 4.98 Å². The van der Waals surface area contributed by atoms with Gasteiger partial charge in [-0.25, -0.2) is 4.98 Å². The van der Waals surface area contributed by atoms with Crippen LogP contribution >= 0.6 is 0 Å². The van der Waals surface area contributed by atoms with Crippen LogP contribution in [0.3, 0.4) is 0 Å². The van der Waals surface area contributed by atoms with Gasteiger partial charge in [0.25, 0.3) is 0 Å². The molecule has 0 aliphatic carbocycles. The second-order valence-electron chi connectivity index (χ2n) is 2.79. The first-order valence-corrected chi connectivity index (χ1v) is 4.05. The predicted molar refractivity (Wildman–Crippen MR) is 46.3 cm³/mol. The zero-order chi connectivity index (χ0) is 8.97. The van der Waals surface area contributed by atoms with Gasteiger partial charge in [0.1, 0.15) is 0 Å². The first kappa shape index (κ1) is 9.13. The lowest BCUT2D eigenvalue weighted by molar-refractivity contribution is 0.561. The number of pyridine rings is 1. The molecule has 2 N–H and O–H groups in total. The van der Waals surface area contributed by atoms with Crippen molar-refractivity contribution in [3.63, 3.8) is 0 Å². The third kappa shape index (κ3) is 2.01. The highest BCUT2D eigenvalue weighted by atomic mass is 19.1. The molecule has 0 amide bonds. The molecule has 12 heavy (non-hydrogen) atoms. The van der Waals surface area contributed by atoms with E-state index in [2.05, 4.69) is 4.98 Å². The van der Waals surface area contributed by atoms with Crippen molar-refractivity contribution < 1.29 is 4.39 Å². The first-order chi connectivity index (χ1) is 5.75. The van der Waals surface area contributed by atoms with Crippen molar-refractivity contribution in [2.24, 2.45) is 5.73 Å². The van der Waals surface area contributed by atoms with Gasteiger partial charge in [0.2, 0.25) is 5.95 Å². The predicted octanol–water partition coefficient (Wildman–Crippen LogP) is 1.42. The van der Waals surface area contributed by atoms with Crippen LogP contribution in [-0.4, -0.2) is 11.5 Å². The Balaban J connectivity index is 2.81. The van der Waals surface area contributed by atoms with Crippen LogP contribution in [0.5, 0.6) is 0 Å². The number of nitrogens with two attached hydrogens (primary N) is 1. The molecule has 2 nitrogen and oxygen atoms in total. The van der Waals surface area contributed by atoms with Crippen LogP contribution in [0.15, 0.2) is 12.3 Å². The van der Waals surface area contributed by atoms with Crippen molar-refractivity contribution in [2.45, 2.75) is 19.8 Å². The van der Waals surface area contributed by atoms with Crippen molar-refractivity contribution in [3.8, 4) is 0 Å². The third-order valence-corrected chi connectivity index (χ3v) is 1.87. The lowest BCUT2D eigenvalue weighted by Gasteiger charge is -2.04. The van der Waals surface area contributed by atoms with Crippen LogP contribution in [0, 0.1) is 12.9 Å². The molecule has 3 heteroatoms. The summed E-state index contributed by atoms with van der Waals surface area (Å²) in [5.41, 5.74) is 6.99. The van der Waals surface area contributed by atoms with Crippen molar-refractivity contribution in [1.29, 1.82) is 0 Å². The van der Waals surface area contributed by atoms with E-state index >= 15 is 0 Å². The van der Waals surface area contributed by atoms with Crippen LogP contribution in [0.1, 0.15) is 17.5 Å². The number of nitrogens with zero attached hydrogens (tertiary/aromatic N) is 1. The highest BCUT2D eigenvalue weighted by molar-refractivity contribution is 5.22. The zero-order valence-electron chi connectivity index (χ0n) is 7.18. The number of aromatic nitrogens is 1. The molecular weight excluding hydrogens is 155 g/mol. The SMILES string of the molecule is Cc1ccnc(F)c1CCCN. The van der Waals surface area contributed by atoms with Gasteiger partial charge in [-0.2, -0.15) is 4.39 Å². The molecule has 0 bridgehead atoms. The Labute approximate surface area is 71.6 Å². The lowest BCUT2D eigenvalue weighted by Crippen LogP contribution is -2.03. The minimum Gasteiger partial charge on any atom is -0.330 e. The van der Waals surface area contributed by atoms with Gasteiger partial charge < -0.3 is 5.73 Å². The van der Waals surface area contributed by atoms with Crippen molar-refractivity contribution >= 4 is 0 Å². The first-order valence-electron chi connectivity index (χ1n) is 4.05. The summed E-state index contributed by atoms with van der Waals surface area (Å²) in [5.74, 6) is -0.358. The van der Waals surface area contributed by atoms with Crippen LogP contribution < -0.4 is 5.73 Å². The van der Waals surface area contributed by atoms with Gasteiger partial charge in [0, 0.05) is 11.8 Å². The van der Waals surface area contributed by atoms with Gasteiger partial charge in [0.15, 0.2) is 0 Å². The van der Waals surface area contributed by atoms with Crippen LogP contribution in [0.2, 0.25) is 0 Å². The number of halogens is 1. The molecule has 0 fully saturated rings. The Morgan fingerprint density at radius 1 is 1.58 bits per heavy atom. The molecule has 0 unspecified atom stereocenters. The van der Waals surface area contributed by atoms with Gasteiger partial charge in [-0.05, 0) is 37.9 Å². The Hall–Kier alpha value is -0.960. The molecule has 0 saturated heterocycles. The highest BCUT2D eigenvalue weighted by Gasteiger charge is 2.04. The van der Waals surface area contributed by atoms with E-state index < -0.39 is 0 Å².